The van der Waals surface area contributed by atoms with Gasteiger partial charge in [0.15, 0.2) is 5.11 Å². The summed E-state index contributed by atoms with van der Waals surface area (Å²) < 4.78 is 26.8. The Balaban J connectivity index is 1.77. The average molecular weight is 391 g/mol. The van der Waals surface area contributed by atoms with E-state index in [1.54, 1.807) is 0 Å². The molecular formula is C21H26F2N3S+. The molecule has 0 radical (unpaired) electrons. The molecule has 0 saturated carbocycles. The molecule has 1 aliphatic heterocycles. The molecular weight excluding hydrogens is 364 g/mol. The molecule has 0 unspecified atom stereocenters. The SMILES string of the molecule is CCCNC(=S)N1CC[NH+](C(c2ccc(F)cc2)c2ccc(F)cc2)CC1. The average Bonchev–Trinajstić information content (AvgIpc) is 2.70. The molecule has 2 aromatic carbocycles. The van der Waals surface area contributed by atoms with Gasteiger partial charge >= 0.3 is 0 Å². The van der Waals surface area contributed by atoms with Gasteiger partial charge in [-0.25, -0.2) is 8.78 Å². The molecule has 3 nitrogen and oxygen atoms in total. The fourth-order valence-corrected chi connectivity index (χ4v) is 3.89. The highest BCUT2D eigenvalue weighted by molar-refractivity contribution is 7.80. The first-order valence-corrected chi connectivity index (χ1v) is 9.87. The second kappa shape index (κ2) is 9.24. The second-order valence-electron chi connectivity index (χ2n) is 6.91. The van der Waals surface area contributed by atoms with Crippen molar-refractivity contribution in [3.8, 4) is 0 Å². The number of rotatable bonds is 5. The van der Waals surface area contributed by atoms with Crippen LogP contribution in [0.15, 0.2) is 48.5 Å². The van der Waals surface area contributed by atoms with Crippen LogP contribution in [0.2, 0.25) is 0 Å². The number of piperazine rings is 1. The van der Waals surface area contributed by atoms with E-state index in [1.165, 1.54) is 29.2 Å². The van der Waals surface area contributed by atoms with Crippen molar-refractivity contribution in [3.63, 3.8) is 0 Å². The molecule has 6 heteroatoms. The summed E-state index contributed by atoms with van der Waals surface area (Å²) in [6, 6.07) is 13.3. The van der Waals surface area contributed by atoms with Gasteiger partial charge < -0.3 is 15.1 Å². The number of benzene rings is 2. The summed E-state index contributed by atoms with van der Waals surface area (Å²) in [5.41, 5.74) is 2.08. The number of nitrogens with one attached hydrogen (secondary N) is 2. The van der Waals surface area contributed by atoms with E-state index in [1.807, 2.05) is 24.3 Å². The highest BCUT2D eigenvalue weighted by Crippen LogP contribution is 2.20. The van der Waals surface area contributed by atoms with Gasteiger partial charge in [0, 0.05) is 17.7 Å². The highest BCUT2D eigenvalue weighted by Gasteiger charge is 2.30. The molecule has 144 valence electrons. The van der Waals surface area contributed by atoms with Gasteiger partial charge in [-0.05, 0) is 67.2 Å². The quantitative estimate of drug-likeness (QED) is 0.766. The highest BCUT2D eigenvalue weighted by atomic mass is 32.1. The zero-order chi connectivity index (χ0) is 19.2. The van der Waals surface area contributed by atoms with Crippen molar-refractivity contribution in [2.24, 2.45) is 0 Å². The fraction of sp³-hybridized carbons (Fsp3) is 0.381. The summed E-state index contributed by atoms with van der Waals surface area (Å²) in [4.78, 5) is 3.59. The van der Waals surface area contributed by atoms with Crippen LogP contribution in [-0.2, 0) is 0 Å². The second-order valence-corrected chi connectivity index (χ2v) is 7.30. The molecule has 0 amide bonds. The standard InChI is InChI=1S/C21H25F2N3S/c1-2-11-24-21(27)26-14-12-25(13-15-26)20(16-3-7-18(22)8-4-16)17-5-9-19(23)10-6-17/h3-10,20H,2,11-15H2,1H3,(H,24,27)/p+1. The molecule has 27 heavy (non-hydrogen) atoms. The molecule has 0 spiro atoms. The lowest BCUT2D eigenvalue weighted by atomic mass is 9.96. The Bertz CT molecular complexity index is 696. The van der Waals surface area contributed by atoms with Crippen molar-refractivity contribution in [3.05, 3.63) is 71.3 Å². The van der Waals surface area contributed by atoms with Gasteiger partial charge in [0.2, 0.25) is 0 Å². The van der Waals surface area contributed by atoms with E-state index in [9.17, 15) is 8.78 Å². The van der Waals surface area contributed by atoms with Gasteiger partial charge in [0.25, 0.3) is 0 Å². The predicted octanol–water partition coefficient (Wildman–Crippen LogP) is 2.54. The smallest absolute Gasteiger partial charge is 0.169 e. The molecule has 0 aliphatic carbocycles. The lowest BCUT2D eigenvalue weighted by Crippen LogP contribution is -3.15. The Morgan fingerprint density at radius 3 is 1.93 bits per heavy atom. The molecule has 0 atom stereocenters. The van der Waals surface area contributed by atoms with Crippen LogP contribution in [0.4, 0.5) is 8.78 Å². The first-order valence-electron chi connectivity index (χ1n) is 9.46. The number of hydrogen-bond acceptors (Lipinski definition) is 1. The van der Waals surface area contributed by atoms with Gasteiger partial charge in [-0.15, -0.1) is 0 Å². The van der Waals surface area contributed by atoms with Crippen LogP contribution < -0.4 is 10.2 Å². The molecule has 1 fully saturated rings. The first-order chi connectivity index (χ1) is 13.1. The molecule has 3 rings (SSSR count). The van der Waals surface area contributed by atoms with E-state index < -0.39 is 0 Å². The number of nitrogens with zero attached hydrogens (tertiary/aromatic N) is 1. The Morgan fingerprint density at radius 2 is 1.48 bits per heavy atom. The van der Waals surface area contributed by atoms with Crippen LogP contribution in [0, 0.1) is 11.6 Å². The molecule has 2 aromatic rings. The monoisotopic (exact) mass is 390 g/mol. The third kappa shape index (κ3) is 5.02. The lowest BCUT2D eigenvalue weighted by molar-refractivity contribution is -0.929. The third-order valence-corrected chi connectivity index (χ3v) is 5.44. The van der Waals surface area contributed by atoms with E-state index in [0.717, 1.165) is 55.4 Å². The van der Waals surface area contributed by atoms with Gasteiger partial charge in [0.05, 0.1) is 26.2 Å². The van der Waals surface area contributed by atoms with Crippen molar-refractivity contribution < 1.29 is 13.7 Å². The van der Waals surface area contributed by atoms with Crippen LogP contribution in [0.25, 0.3) is 0 Å². The summed E-state index contributed by atoms with van der Waals surface area (Å²) in [7, 11) is 0. The van der Waals surface area contributed by atoms with Gasteiger partial charge in [-0.3, -0.25) is 0 Å². The number of thiocarbonyl (C=S) groups is 1. The number of quaternary nitrogens is 1. The van der Waals surface area contributed by atoms with Crippen molar-refractivity contribution in [1.82, 2.24) is 10.2 Å². The first kappa shape index (κ1) is 19.7. The van der Waals surface area contributed by atoms with Crippen molar-refractivity contribution in [2.75, 3.05) is 32.7 Å². The molecule has 1 heterocycles. The number of hydrogen-bond donors (Lipinski definition) is 2. The maximum atomic E-state index is 13.4. The number of halogens is 2. The van der Waals surface area contributed by atoms with E-state index >= 15 is 0 Å². The van der Waals surface area contributed by atoms with Crippen LogP contribution in [0.3, 0.4) is 0 Å². The third-order valence-electron chi connectivity index (χ3n) is 5.03. The summed E-state index contributed by atoms with van der Waals surface area (Å²) in [5.74, 6) is -0.493. The lowest BCUT2D eigenvalue weighted by Gasteiger charge is -2.38. The minimum Gasteiger partial charge on any atom is -0.363 e. The maximum absolute atomic E-state index is 13.4. The maximum Gasteiger partial charge on any atom is 0.169 e. The van der Waals surface area contributed by atoms with Gasteiger partial charge in [-0.1, -0.05) is 6.92 Å². The van der Waals surface area contributed by atoms with Crippen molar-refractivity contribution >= 4 is 17.3 Å². The molecule has 0 aromatic heterocycles. The molecule has 2 N–H and O–H groups in total. The van der Waals surface area contributed by atoms with Gasteiger partial charge in [-0.2, -0.15) is 0 Å². The summed E-state index contributed by atoms with van der Waals surface area (Å²) in [6.45, 7) is 6.56. The Hall–Kier alpha value is -2.05. The van der Waals surface area contributed by atoms with Crippen molar-refractivity contribution in [1.29, 1.82) is 0 Å². The molecule has 1 aliphatic rings. The van der Waals surface area contributed by atoms with E-state index in [0.29, 0.717) is 0 Å². The van der Waals surface area contributed by atoms with E-state index in [2.05, 4.69) is 17.1 Å². The Morgan fingerprint density at radius 1 is 1.00 bits per heavy atom. The predicted molar refractivity (Wildman–Crippen MR) is 108 cm³/mol. The van der Waals surface area contributed by atoms with Crippen LogP contribution in [0.5, 0.6) is 0 Å². The molecule has 0 bridgehead atoms. The summed E-state index contributed by atoms with van der Waals surface area (Å²) >= 11 is 5.48. The topological polar surface area (TPSA) is 19.7 Å². The van der Waals surface area contributed by atoms with E-state index in [-0.39, 0.29) is 17.7 Å². The van der Waals surface area contributed by atoms with Crippen LogP contribution in [0.1, 0.15) is 30.5 Å². The van der Waals surface area contributed by atoms with Crippen molar-refractivity contribution in [2.45, 2.75) is 19.4 Å². The molecule has 1 saturated heterocycles. The van der Waals surface area contributed by atoms with E-state index in [4.69, 9.17) is 12.2 Å². The Labute approximate surface area is 165 Å². The van der Waals surface area contributed by atoms with Gasteiger partial charge in [0.1, 0.15) is 17.7 Å². The fourth-order valence-electron chi connectivity index (χ4n) is 3.60. The normalized spacial score (nSPS) is 15.2. The minimum atomic E-state index is -0.247. The van der Waals surface area contributed by atoms with Crippen LogP contribution >= 0.6 is 12.2 Å². The zero-order valence-electron chi connectivity index (χ0n) is 15.6. The zero-order valence-corrected chi connectivity index (χ0v) is 16.4. The minimum absolute atomic E-state index is 0.0468. The Kier molecular flexibility index (Phi) is 6.74. The summed E-state index contributed by atoms with van der Waals surface area (Å²) in [6.07, 6.45) is 1.04. The van der Waals surface area contributed by atoms with Crippen LogP contribution in [-0.4, -0.2) is 42.7 Å². The summed E-state index contributed by atoms with van der Waals surface area (Å²) in [5, 5.41) is 4.10. The largest absolute Gasteiger partial charge is 0.363 e.